The summed E-state index contributed by atoms with van der Waals surface area (Å²) in [6, 6.07) is 11.9. The van der Waals surface area contributed by atoms with Crippen LogP contribution >= 0.6 is 27.7 Å². The van der Waals surface area contributed by atoms with Crippen LogP contribution in [-0.2, 0) is 0 Å². The molecule has 0 aliphatic rings. The zero-order valence-corrected chi connectivity index (χ0v) is 15.9. The number of nitrogens with zero attached hydrogens (tertiary/aromatic N) is 2. The molecule has 0 aliphatic heterocycles. The summed E-state index contributed by atoms with van der Waals surface area (Å²) in [5, 5.41) is 1.84. The van der Waals surface area contributed by atoms with E-state index in [0.717, 1.165) is 36.3 Å². The molecule has 0 fully saturated rings. The van der Waals surface area contributed by atoms with E-state index in [4.69, 9.17) is 9.47 Å². The maximum absolute atomic E-state index is 5.41. The molecule has 0 saturated heterocycles. The lowest BCUT2D eigenvalue weighted by Gasteiger charge is -2.06. The van der Waals surface area contributed by atoms with Crippen LogP contribution in [0.15, 0.2) is 57.1 Å². The minimum absolute atomic E-state index is 0.675. The number of methoxy groups -OCH3 is 2. The van der Waals surface area contributed by atoms with Crippen LogP contribution in [0.1, 0.15) is 0 Å². The van der Waals surface area contributed by atoms with Crippen molar-refractivity contribution in [2.75, 3.05) is 14.2 Å². The van der Waals surface area contributed by atoms with Gasteiger partial charge in [0.2, 0.25) is 0 Å². The van der Waals surface area contributed by atoms with E-state index >= 15 is 0 Å². The summed E-state index contributed by atoms with van der Waals surface area (Å²) in [4.78, 5) is 13.4. The van der Waals surface area contributed by atoms with Crippen LogP contribution in [0, 0.1) is 0 Å². The molecule has 2 aromatic carbocycles. The third kappa shape index (κ3) is 2.83. The van der Waals surface area contributed by atoms with E-state index in [-0.39, 0.29) is 0 Å². The van der Waals surface area contributed by atoms with Gasteiger partial charge in [-0.15, -0.1) is 0 Å². The summed E-state index contributed by atoms with van der Waals surface area (Å²) in [5.74, 6) is 1.35. The largest absolute Gasteiger partial charge is 0.493 e. The molecule has 2 aromatic heterocycles. The fourth-order valence-corrected chi connectivity index (χ4v) is 4.11. The van der Waals surface area contributed by atoms with Gasteiger partial charge in [-0.3, -0.25) is 0 Å². The monoisotopic (exact) mass is 415 g/mol. The van der Waals surface area contributed by atoms with Gasteiger partial charge in [-0.2, -0.15) is 0 Å². The maximum atomic E-state index is 5.41. The van der Waals surface area contributed by atoms with Gasteiger partial charge in [0.05, 0.1) is 25.3 Å². The van der Waals surface area contributed by atoms with E-state index in [2.05, 4.69) is 36.9 Å². The van der Waals surface area contributed by atoms with Crippen molar-refractivity contribution in [1.82, 2.24) is 15.0 Å². The van der Waals surface area contributed by atoms with Crippen molar-refractivity contribution < 1.29 is 9.47 Å². The van der Waals surface area contributed by atoms with Gasteiger partial charge in [-0.1, -0.05) is 23.9 Å². The van der Waals surface area contributed by atoms with E-state index in [1.165, 1.54) is 0 Å². The van der Waals surface area contributed by atoms with Crippen LogP contribution in [0.4, 0.5) is 0 Å². The first-order chi connectivity index (χ1) is 12.2. The summed E-state index contributed by atoms with van der Waals surface area (Å²) in [5.41, 5.74) is 2.69. The van der Waals surface area contributed by atoms with Gasteiger partial charge in [0.1, 0.15) is 16.9 Å². The molecule has 0 saturated carbocycles. The molecule has 0 unspecified atom stereocenters. The minimum Gasteiger partial charge on any atom is -0.493 e. The van der Waals surface area contributed by atoms with Gasteiger partial charge in [0, 0.05) is 20.8 Å². The fourth-order valence-electron chi connectivity index (χ4n) is 2.71. The Labute approximate surface area is 156 Å². The van der Waals surface area contributed by atoms with E-state index in [9.17, 15) is 0 Å². The van der Waals surface area contributed by atoms with Crippen molar-refractivity contribution in [3.05, 3.63) is 47.2 Å². The smallest absolute Gasteiger partial charge is 0.162 e. The number of fused-ring (bicyclic) bond motifs is 3. The molecule has 5 nitrogen and oxygen atoms in total. The Bertz CT molecular complexity index is 1080. The average molecular weight is 416 g/mol. The van der Waals surface area contributed by atoms with Crippen molar-refractivity contribution in [1.29, 1.82) is 0 Å². The SMILES string of the molecule is COc1cc2[nH]c3c(Sc4ccccc4Br)ncnc3c2cc1OC. The van der Waals surface area contributed by atoms with Gasteiger partial charge < -0.3 is 14.5 Å². The Kier molecular flexibility index (Phi) is 4.27. The normalized spacial score (nSPS) is 11.2. The number of H-pyrrole nitrogens is 1. The fraction of sp³-hybridized carbons (Fsp3) is 0.111. The number of benzene rings is 2. The highest BCUT2D eigenvalue weighted by atomic mass is 79.9. The molecule has 2 heterocycles. The number of rotatable bonds is 4. The quantitative estimate of drug-likeness (QED) is 0.473. The van der Waals surface area contributed by atoms with Gasteiger partial charge in [0.25, 0.3) is 0 Å². The molecular weight excluding hydrogens is 402 g/mol. The first kappa shape index (κ1) is 16.2. The second-order valence-electron chi connectivity index (χ2n) is 5.31. The number of nitrogens with one attached hydrogen (secondary N) is 1. The highest BCUT2D eigenvalue weighted by Gasteiger charge is 2.15. The summed E-state index contributed by atoms with van der Waals surface area (Å²) >= 11 is 5.17. The number of aromatic nitrogens is 3. The predicted molar refractivity (Wildman–Crippen MR) is 103 cm³/mol. The number of hydrogen-bond acceptors (Lipinski definition) is 5. The lowest BCUT2D eigenvalue weighted by molar-refractivity contribution is 0.356. The summed E-state index contributed by atoms with van der Waals surface area (Å²) in [6.45, 7) is 0. The first-order valence-electron chi connectivity index (χ1n) is 7.52. The van der Waals surface area contributed by atoms with Crippen LogP contribution in [0.3, 0.4) is 0 Å². The van der Waals surface area contributed by atoms with Crippen molar-refractivity contribution in [3.8, 4) is 11.5 Å². The van der Waals surface area contributed by atoms with Gasteiger partial charge in [-0.25, -0.2) is 9.97 Å². The molecule has 0 atom stereocenters. The Morgan fingerprint density at radius 1 is 1.04 bits per heavy atom. The minimum atomic E-state index is 0.675. The number of ether oxygens (including phenoxy) is 2. The van der Waals surface area contributed by atoms with Crippen LogP contribution in [-0.4, -0.2) is 29.2 Å². The molecule has 1 N–H and O–H groups in total. The summed E-state index contributed by atoms with van der Waals surface area (Å²) < 4.78 is 11.8. The molecule has 0 aliphatic carbocycles. The summed E-state index contributed by atoms with van der Waals surface area (Å²) in [6.07, 6.45) is 1.59. The van der Waals surface area contributed by atoms with Crippen molar-refractivity contribution in [2.24, 2.45) is 0 Å². The van der Waals surface area contributed by atoms with Crippen molar-refractivity contribution in [3.63, 3.8) is 0 Å². The first-order valence-corrected chi connectivity index (χ1v) is 9.13. The van der Waals surface area contributed by atoms with Crippen LogP contribution in [0.2, 0.25) is 0 Å². The molecule has 4 rings (SSSR count). The predicted octanol–water partition coefficient (Wildman–Crippen LogP) is 5.04. The third-order valence-corrected chi connectivity index (χ3v) is 5.93. The van der Waals surface area contributed by atoms with Gasteiger partial charge in [-0.05, 0) is 34.1 Å². The highest BCUT2D eigenvalue weighted by molar-refractivity contribution is 9.10. The van der Waals surface area contributed by atoms with E-state index in [0.29, 0.717) is 11.5 Å². The molecule has 126 valence electrons. The average Bonchev–Trinajstić information content (AvgIpc) is 3.01. The topological polar surface area (TPSA) is 60.0 Å². The molecule has 0 spiro atoms. The Morgan fingerprint density at radius 2 is 1.80 bits per heavy atom. The molecule has 7 heteroatoms. The second kappa shape index (κ2) is 6.57. The van der Waals surface area contributed by atoms with E-state index < -0.39 is 0 Å². The van der Waals surface area contributed by atoms with E-state index in [1.807, 2.05) is 30.3 Å². The zero-order chi connectivity index (χ0) is 17.4. The number of halogens is 1. The second-order valence-corrected chi connectivity index (χ2v) is 7.20. The highest BCUT2D eigenvalue weighted by Crippen LogP contribution is 2.39. The maximum Gasteiger partial charge on any atom is 0.162 e. The molecule has 0 bridgehead atoms. The van der Waals surface area contributed by atoms with Crippen LogP contribution < -0.4 is 9.47 Å². The Balaban J connectivity index is 1.91. The Morgan fingerprint density at radius 3 is 2.56 bits per heavy atom. The molecule has 0 amide bonds. The van der Waals surface area contributed by atoms with E-state index in [1.54, 1.807) is 32.3 Å². The Hall–Kier alpha value is -2.25. The number of hydrogen-bond donors (Lipinski definition) is 1. The molecule has 0 radical (unpaired) electrons. The standard InChI is InChI=1S/C18H14BrN3O2S/c1-23-13-7-10-12(8-14(13)24-2)22-17-16(10)20-9-21-18(17)25-15-6-4-3-5-11(15)19/h3-9,22H,1-2H3. The summed E-state index contributed by atoms with van der Waals surface area (Å²) in [7, 11) is 3.25. The number of aromatic amines is 1. The van der Waals surface area contributed by atoms with Crippen LogP contribution in [0.25, 0.3) is 21.9 Å². The van der Waals surface area contributed by atoms with Gasteiger partial charge >= 0.3 is 0 Å². The molecule has 25 heavy (non-hydrogen) atoms. The van der Waals surface area contributed by atoms with Crippen molar-refractivity contribution in [2.45, 2.75) is 9.92 Å². The lowest BCUT2D eigenvalue weighted by Crippen LogP contribution is -1.89. The van der Waals surface area contributed by atoms with Crippen LogP contribution in [0.5, 0.6) is 11.5 Å². The van der Waals surface area contributed by atoms with Gasteiger partial charge in [0.15, 0.2) is 11.5 Å². The zero-order valence-electron chi connectivity index (χ0n) is 13.5. The third-order valence-electron chi connectivity index (χ3n) is 3.89. The molecular formula is C18H14BrN3O2S. The lowest BCUT2D eigenvalue weighted by atomic mass is 10.2. The molecule has 4 aromatic rings. The van der Waals surface area contributed by atoms with Crippen molar-refractivity contribution >= 4 is 49.6 Å².